The van der Waals surface area contributed by atoms with Crippen LogP contribution in [0.2, 0.25) is 0 Å². The molecule has 3 nitrogen and oxygen atoms in total. The minimum absolute atomic E-state index is 0.308. The lowest BCUT2D eigenvalue weighted by atomic mass is 10.0. The molecular formula is C25H14BrNO2. The average molecular weight is 440 g/mol. The quantitative estimate of drug-likeness (QED) is 0.208. The number of nitrogens with zero attached hydrogens (tertiary/aromatic N) is 1. The van der Waals surface area contributed by atoms with Gasteiger partial charge in [-0.25, -0.2) is 4.79 Å². The number of benzene rings is 4. The largest absolute Gasteiger partial charge is 0.422 e. The predicted octanol–water partition coefficient (Wildman–Crippen LogP) is 6.81. The van der Waals surface area contributed by atoms with Crippen molar-refractivity contribution in [3.63, 3.8) is 0 Å². The third-order valence-corrected chi connectivity index (χ3v) is 5.98. The van der Waals surface area contributed by atoms with E-state index >= 15 is 0 Å². The third-order valence-electron chi connectivity index (χ3n) is 5.48. The topological polar surface area (TPSA) is 35.1 Å². The van der Waals surface area contributed by atoms with Gasteiger partial charge >= 0.3 is 5.63 Å². The van der Waals surface area contributed by atoms with Crippen LogP contribution in [-0.2, 0) is 0 Å². The molecule has 2 aromatic heterocycles. The molecule has 0 aliphatic rings. The van der Waals surface area contributed by atoms with Crippen molar-refractivity contribution in [2.24, 2.45) is 0 Å². The Hall–Kier alpha value is -3.37. The predicted molar refractivity (Wildman–Crippen MR) is 122 cm³/mol. The van der Waals surface area contributed by atoms with Gasteiger partial charge in [0.2, 0.25) is 0 Å². The molecule has 6 aromatic rings. The van der Waals surface area contributed by atoms with Crippen LogP contribution in [0, 0.1) is 0 Å². The van der Waals surface area contributed by atoms with Gasteiger partial charge in [0.05, 0.1) is 16.4 Å². The molecule has 138 valence electrons. The summed E-state index contributed by atoms with van der Waals surface area (Å²) >= 11 is 3.61. The number of hydrogen-bond donors (Lipinski definition) is 0. The molecule has 0 fully saturated rings. The van der Waals surface area contributed by atoms with Gasteiger partial charge in [-0.2, -0.15) is 0 Å². The Morgan fingerprint density at radius 3 is 2.21 bits per heavy atom. The monoisotopic (exact) mass is 439 g/mol. The van der Waals surface area contributed by atoms with E-state index in [1.807, 2.05) is 48.5 Å². The maximum Gasteiger partial charge on any atom is 0.344 e. The van der Waals surface area contributed by atoms with E-state index in [1.54, 1.807) is 0 Å². The van der Waals surface area contributed by atoms with E-state index in [0.29, 0.717) is 11.0 Å². The molecule has 4 aromatic carbocycles. The van der Waals surface area contributed by atoms with Crippen LogP contribution in [0.5, 0.6) is 0 Å². The summed E-state index contributed by atoms with van der Waals surface area (Å²) in [6, 6.07) is 28.3. The van der Waals surface area contributed by atoms with Crippen LogP contribution in [0.25, 0.3) is 49.2 Å². The fourth-order valence-corrected chi connectivity index (χ4v) is 4.58. The molecule has 0 aliphatic carbocycles. The molecule has 6 rings (SSSR count). The second-order valence-corrected chi connectivity index (χ2v) is 8.05. The SMILES string of the molecule is O=c1oc2cc3c(cc2c2ccccc12)c1cc(Br)ccc1n3-c1ccccc1. The summed E-state index contributed by atoms with van der Waals surface area (Å²) in [4.78, 5) is 12.5. The molecule has 4 heteroatoms. The smallest absolute Gasteiger partial charge is 0.344 e. The van der Waals surface area contributed by atoms with Gasteiger partial charge in [-0.05, 0) is 47.9 Å². The van der Waals surface area contributed by atoms with Crippen molar-refractivity contribution in [1.82, 2.24) is 4.57 Å². The summed E-state index contributed by atoms with van der Waals surface area (Å²) in [6.45, 7) is 0. The molecule has 0 amide bonds. The van der Waals surface area contributed by atoms with Gasteiger partial charge in [-0.15, -0.1) is 0 Å². The highest BCUT2D eigenvalue weighted by molar-refractivity contribution is 9.10. The van der Waals surface area contributed by atoms with Gasteiger partial charge in [0, 0.05) is 32.4 Å². The van der Waals surface area contributed by atoms with Gasteiger partial charge in [0.25, 0.3) is 0 Å². The van der Waals surface area contributed by atoms with Crippen molar-refractivity contribution in [1.29, 1.82) is 0 Å². The van der Waals surface area contributed by atoms with Gasteiger partial charge in [-0.3, -0.25) is 0 Å². The summed E-state index contributed by atoms with van der Waals surface area (Å²) in [5.74, 6) is 0. The molecule has 0 N–H and O–H groups in total. The van der Waals surface area contributed by atoms with E-state index in [2.05, 4.69) is 56.9 Å². The molecule has 29 heavy (non-hydrogen) atoms. The van der Waals surface area contributed by atoms with E-state index in [4.69, 9.17) is 4.42 Å². The lowest BCUT2D eigenvalue weighted by Gasteiger charge is -2.08. The Kier molecular flexibility index (Phi) is 3.46. The van der Waals surface area contributed by atoms with Crippen molar-refractivity contribution < 1.29 is 4.42 Å². The van der Waals surface area contributed by atoms with Crippen LogP contribution in [-0.4, -0.2) is 4.57 Å². The number of halogens is 1. The standard InChI is InChI=1S/C25H14BrNO2/c26-15-10-11-22-19(12-15)20-13-21-17-8-4-5-9-18(17)25(28)29-24(21)14-23(20)27(22)16-6-2-1-3-7-16/h1-14H. The highest BCUT2D eigenvalue weighted by Gasteiger charge is 2.16. The molecule has 2 heterocycles. The minimum Gasteiger partial charge on any atom is -0.422 e. The molecule has 0 atom stereocenters. The summed E-state index contributed by atoms with van der Waals surface area (Å²) < 4.78 is 8.96. The van der Waals surface area contributed by atoms with Crippen molar-refractivity contribution in [2.75, 3.05) is 0 Å². The van der Waals surface area contributed by atoms with Crippen LogP contribution in [0.15, 0.2) is 98.6 Å². The van der Waals surface area contributed by atoms with Crippen LogP contribution in [0.3, 0.4) is 0 Å². The van der Waals surface area contributed by atoms with E-state index in [-0.39, 0.29) is 5.63 Å². The average Bonchev–Trinajstić information content (AvgIpc) is 3.06. The van der Waals surface area contributed by atoms with Crippen LogP contribution >= 0.6 is 15.9 Å². The first-order valence-corrected chi connectivity index (χ1v) is 10.1. The van der Waals surface area contributed by atoms with Crippen LogP contribution < -0.4 is 5.63 Å². The summed E-state index contributed by atoms with van der Waals surface area (Å²) in [5, 5.41) is 4.73. The van der Waals surface area contributed by atoms with Crippen LogP contribution in [0.4, 0.5) is 0 Å². The zero-order chi connectivity index (χ0) is 19.5. The van der Waals surface area contributed by atoms with E-state index < -0.39 is 0 Å². The van der Waals surface area contributed by atoms with E-state index in [1.165, 1.54) is 0 Å². The molecule has 0 saturated carbocycles. The van der Waals surface area contributed by atoms with E-state index in [0.717, 1.165) is 42.7 Å². The molecule has 0 saturated heterocycles. The van der Waals surface area contributed by atoms with Gasteiger partial charge < -0.3 is 8.98 Å². The Labute approximate surface area is 173 Å². The zero-order valence-electron chi connectivity index (χ0n) is 15.2. The number of fused-ring (bicyclic) bond motifs is 6. The molecular weight excluding hydrogens is 426 g/mol. The Bertz CT molecular complexity index is 1630. The van der Waals surface area contributed by atoms with Gasteiger partial charge in [0.15, 0.2) is 0 Å². The highest BCUT2D eigenvalue weighted by Crippen LogP contribution is 2.37. The second kappa shape index (κ2) is 6.06. The Morgan fingerprint density at radius 2 is 1.38 bits per heavy atom. The lowest BCUT2D eigenvalue weighted by Crippen LogP contribution is -1.99. The first-order valence-electron chi connectivity index (χ1n) is 9.35. The first-order chi connectivity index (χ1) is 14.2. The van der Waals surface area contributed by atoms with Gasteiger partial charge in [0.1, 0.15) is 5.58 Å². The summed E-state index contributed by atoms with van der Waals surface area (Å²) in [7, 11) is 0. The van der Waals surface area contributed by atoms with Crippen molar-refractivity contribution in [3.05, 3.63) is 99.8 Å². The Balaban J connectivity index is 1.87. The third kappa shape index (κ3) is 2.39. The second-order valence-electron chi connectivity index (χ2n) is 7.13. The maximum absolute atomic E-state index is 12.5. The van der Waals surface area contributed by atoms with E-state index in [9.17, 15) is 4.79 Å². The fraction of sp³-hybridized carbons (Fsp3) is 0. The number of hydrogen-bond acceptors (Lipinski definition) is 2. The molecule has 0 unspecified atom stereocenters. The van der Waals surface area contributed by atoms with Crippen molar-refractivity contribution in [3.8, 4) is 5.69 Å². The highest BCUT2D eigenvalue weighted by atomic mass is 79.9. The molecule has 0 aliphatic heterocycles. The minimum atomic E-state index is -0.308. The maximum atomic E-state index is 12.5. The summed E-state index contributed by atoms with van der Waals surface area (Å²) in [6.07, 6.45) is 0. The zero-order valence-corrected chi connectivity index (χ0v) is 16.8. The number of para-hydroxylation sites is 1. The van der Waals surface area contributed by atoms with Crippen LogP contribution in [0.1, 0.15) is 0 Å². The number of rotatable bonds is 1. The fourth-order valence-electron chi connectivity index (χ4n) is 4.22. The molecule has 0 bridgehead atoms. The van der Waals surface area contributed by atoms with Gasteiger partial charge in [-0.1, -0.05) is 52.3 Å². The van der Waals surface area contributed by atoms with Crippen molar-refractivity contribution in [2.45, 2.75) is 0 Å². The first kappa shape index (κ1) is 16.6. The normalized spacial score (nSPS) is 11.8. The molecule has 0 radical (unpaired) electrons. The lowest BCUT2D eigenvalue weighted by molar-refractivity contribution is 0.570. The van der Waals surface area contributed by atoms with Crippen molar-refractivity contribution >= 4 is 59.5 Å². The number of aromatic nitrogens is 1. The Morgan fingerprint density at radius 1 is 0.655 bits per heavy atom. The summed E-state index contributed by atoms with van der Waals surface area (Å²) in [5.41, 5.74) is 3.47. The molecule has 0 spiro atoms.